The number of hydrogen-bond donors (Lipinski definition) is 1. The molecule has 0 bridgehead atoms. The fourth-order valence-electron chi connectivity index (χ4n) is 3.85. The van der Waals surface area contributed by atoms with Crippen molar-refractivity contribution in [2.45, 2.75) is 43.7 Å². The summed E-state index contributed by atoms with van der Waals surface area (Å²) in [7, 11) is 1.50. The first-order valence-electron chi connectivity index (χ1n) is 8.64. The maximum Gasteiger partial charge on any atom is 0.316 e. The summed E-state index contributed by atoms with van der Waals surface area (Å²) in [5.41, 5.74) is 1.30. The van der Waals surface area contributed by atoms with Gasteiger partial charge in [0.1, 0.15) is 11.4 Å². The lowest BCUT2D eigenvalue weighted by atomic mass is 9.86. The Morgan fingerprint density at radius 3 is 2.68 bits per heavy atom. The van der Waals surface area contributed by atoms with E-state index in [2.05, 4.69) is 15.3 Å². The SMILES string of the molecule is COc1ncc(C(=O)NC2CC3(CCCC3)Oc3ccccc32)cn1. The molecule has 6 heteroatoms. The van der Waals surface area contributed by atoms with Crippen LogP contribution in [0.3, 0.4) is 0 Å². The Balaban J connectivity index is 1.58. The third-order valence-corrected chi connectivity index (χ3v) is 5.09. The molecule has 1 aromatic carbocycles. The Morgan fingerprint density at radius 1 is 1.24 bits per heavy atom. The zero-order valence-corrected chi connectivity index (χ0v) is 14.2. The van der Waals surface area contributed by atoms with Gasteiger partial charge in [-0.15, -0.1) is 0 Å². The van der Waals surface area contributed by atoms with Gasteiger partial charge in [0.25, 0.3) is 5.91 Å². The maximum atomic E-state index is 12.7. The van der Waals surface area contributed by atoms with Crippen LogP contribution in [-0.4, -0.2) is 28.6 Å². The Kier molecular flexibility index (Phi) is 4.03. The van der Waals surface area contributed by atoms with Gasteiger partial charge in [0, 0.05) is 24.4 Å². The summed E-state index contributed by atoms with van der Waals surface area (Å²) in [6.45, 7) is 0. The standard InChI is InChI=1S/C19H21N3O3/c1-24-18-20-11-13(12-21-18)17(23)22-15-10-19(8-4-5-9-19)25-16-7-3-2-6-14(15)16/h2-3,6-7,11-12,15H,4-5,8-10H2,1H3,(H,22,23). The van der Waals surface area contributed by atoms with Gasteiger partial charge < -0.3 is 14.8 Å². The fourth-order valence-corrected chi connectivity index (χ4v) is 3.85. The van der Waals surface area contributed by atoms with E-state index < -0.39 is 0 Å². The number of benzene rings is 1. The molecule has 0 saturated heterocycles. The zero-order chi connectivity index (χ0) is 17.3. The predicted molar refractivity (Wildman–Crippen MR) is 91.7 cm³/mol. The monoisotopic (exact) mass is 339 g/mol. The summed E-state index contributed by atoms with van der Waals surface area (Å²) in [5, 5.41) is 3.14. The Hall–Kier alpha value is -2.63. The molecule has 1 atom stereocenters. The minimum Gasteiger partial charge on any atom is -0.487 e. The molecule has 25 heavy (non-hydrogen) atoms. The lowest BCUT2D eigenvalue weighted by molar-refractivity contribution is 0.0360. The topological polar surface area (TPSA) is 73.3 Å². The Labute approximate surface area is 146 Å². The predicted octanol–water partition coefficient (Wildman–Crippen LogP) is 3.05. The van der Waals surface area contributed by atoms with Crippen molar-refractivity contribution in [2.24, 2.45) is 0 Å². The molecule has 1 N–H and O–H groups in total. The molecule has 1 unspecified atom stereocenters. The number of rotatable bonds is 3. The van der Waals surface area contributed by atoms with Gasteiger partial charge >= 0.3 is 6.01 Å². The van der Waals surface area contributed by atoms with Crippen molar-refractivity contribution >= 4 is 5.91 Å². The number of ether oxygens (including phenoxy) is 2. The van der Waals surface area contributed by atoms with Crippen LogP contribution in [0, 0.1) is 0 Å². The number of carbonyl (C=O) groups excluding carboxylic acids is 1. The Bertz CT molecular complexity index is 770. The highest BCUT2D eigenvalue weighted by Gasteiger charge is 2.43. The summed E-state index contributed by atoms with van der Waals surface area (Å²) in [6.07, 6.45) is 8.20. The maximum absolute atomic E-state index is 12.7. The molecule has 0 radical (unpaired) electrons. The van der Waals surface area contributed by atoms with Crippen LogP contribution < -0.4 is 14.8 Å². The fraction of sp³-hybridized carbons (Fsp3) is 0.421. The highest BCUT2D eigenvalue weighted by atomic mass is 16.5. The quantitative estimate of drug-likeness (QED) is 0.930. The van der Waals surface area contributed by atoms with Crippen molar-refractivity contribution in [3.63, 3.8) is 0 Å². The second-order valence-electron chi connectivity index (χ2n) is 6.72. The van der Waals surface area contributed by atoms with Gasteiger partial charge in [0.15, 0.2) is 0 Å². The van der Waals surface area contributed by atoms with Crippen LogP contribution in [0.25, 0.3) is 0 Å². The molecule has 1 aliphatic carbocycles. The van der Waals surface area contributed by atoms with E-state index in [9.17, 15) is 4.79 Å². The number of nitrogens with zero attached hydrogens (tertiary/aromatic N) is 2. The van der Waals surface area contributed by atoms with Crippen LogP contribution in [0.1, 0.15) is 54.1 Å². The van der Waals surface area contributed by atoms with Crippen LogP contribution >= 0.6 is 0 Å². The number of methoxy groups -OCH3 is 1. The molecule has 130 valence electrons. The Morgan fingerprint density at radius 2 is 1.96 bits per heavy atom. The number of amides is 1. The van der Waals surface area contributed by atoms with Crippen molar-refractivity contribution in [1.29, 1.82) is 0 Å². The van der Waals surface area contributed by atoms with Gasteiger partial charge in [0.2, 0.25) is 0 Å². The van der Waals surface area contributed by atoms with E-state index in [1.807, 2.05) is 24.3 Å². The van der Waals surface area contributed by atoms with Crippen LogP contribution in [-0.2, 0) is 0 Å². The second-order valence-corrected chi connectivity index (χ2v) is 6.72. The summed E-state index contributed by atoms with van der Waals surface area (Å²) in [5.74, 6) is 0.699. The average Bonchev–Trinajstić information content (AvgIpc) is 3.09. The van der Waals surface area contributed by atoms with Gasteiger partial charge in [-0.05, 0) is 31.7 Å². The summed E-state index contributed by atoms with van der Waals surface area (Å²) in [6, 6.07) is 8.14. The number of nitrogens with one attached hydrogen (secondary N) is 1. The number of fused-ring (bicyclic) bond motifs is 1. The lowest BCUT2D eigenvalue weighted by Gasteiger charge is -2.40. The summed E-state index contributed by atoms with van der Waals surface area (Å²) < 4.78 is 11.3. The molecule has 2 aliphatic rings. The van der Waals surface area contributed by atoms with Gasteiger partial charge in [-0.1, -0.05) is 18.2 Å². The van der Waals surface area contributed by atoms with Crippen LogP contribution in [0.5, 0.6) is 11.8 Å². The zero-order valence-electron chi connectivity index (χ0n) is 14.2. The number of para-hydroxylation sites is 1. The van der Waals surface area contributed by atoms with Crippen LogP contribution in [0.15, 0.2) is 36.7 Å². The normalized spacial score (nSPS) is 20.6. The van der Waals surface area contributed by atoms with E-state index in [0.29, 0.717) is 5.56 Å². The van der Waals surface area contributed by atoms with E-state index in [-0.39, 0.29) is 23.6 Å². The van der Waals surface area contributed by atoms with E-state index in [0.717, 1.165) is 30.6 Å². The molecule has 1 fully saturated rings. The first-order chi connectivity index (χ1) is 12.2. The van der Waals surface area contributed by atoms with Crippen molar-refractivity contribution in [3.05, 3.63) is 47.8 Å². The third kappa shape index (κ3) is 3.04. The van der Waals surface area contributed by atoms with E-state index in [1.54, 1.807) is 0 Å². The third-order valence-electron chi connectivity index (χ3n) is 5.09. The van der Waals surface area contributed by atoms with Crippen molar-refractivity contribution in [3.8, 4) is 11.8 Å². The smallest absolute Gasteiger partial charge is 0.316 e. The highest BCUT2D eigenvalue weighted by molar-refractivity contribution is 5.93. The molecule has 1 spiro atoms. The number of aromatic nitrogens is 2. The molecule has 1 aromatic heterocycles. The average molecular weight is 339 g/mol. The second kappa shape index (κ2) is 6.35. The highest BCUT2D eigenvalue weighted by Crippen LogP contribution is 2.47. The van der Waals surface area contributed by atoms with E-state index >= 15 is 0 Å². The molecular weight excluding hydrogens is 318 g/mol. The van der Waals surface area contributed by atoms with Gasteiger partial charge in [-0.2, -0.15) is 0 Å². The molecular formula is C19H21N3O3. The van der Waals surface area contributed by atoms with E-state index in [1.165, 1.54) is 32.3 Å². The summed E-state index contributed by atoms with van der Waals surface area (Å²) >= 11 is 0. The van der Waals surface area contributed by atoms with Crippen molar-refractivity contribution < 1.29 is 14.3 Å². The van der Waals surface area contributed by atoms with Gasteiger partial charge in [0.05, 0.1) is 18.7 Å². The molecule has 1 aliphatic heterocycles. The molecule has 2 aromatic rings. The van der Waals surface area contributed by atoms with Crippen LogP contribution in [0.2, 0.25) is 0 Å². The molecule has 4 rings (SSSR count). The molecule has 2 heterocycles. The van der Waals surface area contributed by atoms with Gasteiger partial charge in [-0.25, -0.2) is 9.97 Å². The first kappa shape index (κ1) is 15.9. The number of carbonyl (C=O) groups is 1. The van der Waals surface area contributed by atoms with Crippen LogP contribution in [0.4, 0.5) is 0 Å². The molecule has 1 saturated carbocycles. The lowest BCUT2D eigenvalue weighted by Crippen LogP contribution is -2.43. The largest absolute Gasteiger partial charge is 0.487 e. The minimum atomic E-state index is -0.183. The molecule has 6 nitrogen and oxygen atoms in total. The molecule has 1 amide bonds. The van der Waals surface area contributed by atoms with Crippen molar-refractivity contribution in [2.75, 3.05) is 7.11 Å². The summed E-state index contributed by atoms with van der Waals surface area (Å²) in [4.78, 5) is 20.7. The van der Waals surface area contributed by atoms with Gasteiger partial charge in [-0.3, -0.25) is 4.79 Å². The van der Waals surface area contributed by atoms with E-state index in [4.69, 9.17) is 9.47 Å². The first-order valence-corrected chi connectivity index (χ1v) is 8.64. The number of hydrogen-bond acceptors (Lipinski definition) is 5. The van der Waals surface area contributed by atoms with Crippen molar-refractivity contribution in [1.82, 2.24) is 15.3 Å². The minimum absolute atomic E-state index is 0.0716.